The van der Waals surface area contributed by atoms with E-state index < -0.39 is 0 Å². The van der Waals surface area contributed by atoms with Crippen molar-refractivity contribution in [3.8, 4) is 0 Å². The second-order valence-corrected chi connectivity index (χ2v) is 5.36. The molecule has 2 N–H and O–H groups in total. The first kappa shape index (κ1) is 14.6. The summed E-state index contributed by atoms with van der Waals surface area (Å²) in [6.45, 7) is 9.27. The van der Waals surface area contributed by atoms with Crippen molar-refractivity contribution < 1.29 is 4.79 Å². The highest BCUT2D eigenvalue weighted by Crippen LogP contribution is 2.27. The minimum atomic E-state index is 0.219. The van der Waals surface area contributed by atoms with E-state index in [1.807, 2.05) is 6.92 Å². The summed E-state index contributed by atoms with van der Waals surface area (Å²) in [4.78, 5) is 11.8. The maximum Gasteiger partial charge on any atom is 0.135 e. The number of carbonyl (C=O) groups is 1. The summed E-state index contributed by atoms with van der Waals surface area (Å²) in [7, 11) is 0. The molecule has 0 saturated heterocycles. The van der Waals surface area contributed by atoms with Crippen molar-refractivity contribution in [2.24, 2.45) is 17.1 Å². The number of nitrogens with two attached hydrogens (primary N) is 1. The van der Waals surface area contributed by atoms with Gasteiger partial charge in [0, 0.05) is 12.3 Å². The van der Waals surface area contributed by atoms with Gasteiger partial charge in [-0.25, -0.2) is 0 Å². The van der Waals surface area contributed by atoms with E-state index in [1.54, 1.807) is 0 Å². The highest BCUT2D eigenvalue weighted by atomic mass is 16.1. The van der Waals surface area contributed by atoms with Crippen molar-refractivity contribution in [3.63, 3.8) is 0 Å². The molecule has 0 spiro atoms. The molecule has 1 unspecified atom stereocenters. The topological polar surface area (TPSA) is 43.1 Å². The van der Waals surface area contributed by atoms with E-state index in [4.69, 9.17) is 5.73 Å². The Morgan fingerprint density at radius 1 is 1.33 bits per heavy atom. The third kappa shape index (κ3) is 6.67. The van der Waals surface area contributed by atoms with E-state index in [0.717, 1.165) is 25.7 Å². The van der Waals surface area contributed by atoms with Gasteiger partial charge < -0.3 is 5.73 Å². The normalized spacial score (nSPS) is 13.9. The summed E-state index contributed by atoms with van der Waals surface area (Å²) in [5.41, 5.74) is 5.76. The van der Waals surface area contributed by atoms with Crippen molar-refractivity contribution in [1.29, 1.82) is 0 Å². The van der Waals surface area contributed by atoms with Gasteiger partial charge in [-0.05, 0) is 31.2 Å². The first-order valence-electron chi connectivity index (χ1n) is 6.15. The van der Waals surface area contributed by atoms with Gasteiger partial charge in [0.05, 0.1) is 0 Å². The lowest BCUT2D eigenvalue weighted by Crippen LogP contribution is -2.20. The van der Waals surface area contributed by atoms with Crippen LogP contribution in [0, 0.1) is 11.3 Å². The average Bonchev–Trinajstić information content (AvgIpc) is 2.14. The van der Waals surface area contributed by atoms with Gasteiger partial charge in [0.25, 0.3) is 0 Å². The van der Waals surface area contributed by atoms with Crippen LogP contribution in [0.3, 0.4) is 0 Å². The van der Waals surface area contributed by atoms with Crippen LogP contribution in [0.2, 0.25) is 0 Å². The number of ketones is 1. The van der Waals surface area contributed by atoms with E-state index in [0.29, 0.717) is 18.7 Å². The molecule has 90 valence electrons. The van der Waals surface area contributed by atoms with E-state index in [2.05, 4.69) is 20.8 Å². The van der Waals surface area contributed by atoms with Crippen LogP contribution >= 0.6 is 0 Å². The molecule has 0 aliphatic carbocycles. The molecule has 0 aromatic rings. The number of hydrogen-bond donors (Lipinski definition) is 1. The minimum absolute atomic E-state index is 0.219. The third-order valence-electron chi connectivity index (χ3n) is 3.14. The molecule has 0 amide bonds. The number of rotatable bonds is 8. The fourth-order valence-electron chi connectivity index (χ4n) is 1.82. The Morgan fingerprint density at radius 2 is 1.93 bits per heavy atom. The molecule has 0 aromatic heterocycles. The fourth-order valence-corrected chi connectivity index (χ4v) is 1.82. The number of hydrogen-bond acceptors (Lipinski definition) is 2. The largest absolute Gasteiger partial charge is 0.330 e. The van der Waals surface area contributed by atoms with Crippen molar-refractivity contribution in [2.45, 2.75) is 59.8 Å². The van der Waals surface area contributed by atoms with Gasteiger partial charge >= 0.3 is 0 Å². The predicted octanol–water partition coefficient (Wildman–Crippen LogP) is 3.15. The fraction of sp³-hybridized carbons (Fsp3) is 0.923. The van der Waals surface area contributed by atoms with Crippen LogP contribution in [0.5, 0.6) is 0 Å². The van der Waals surface area contributed by atoms with Crippen molar-refractivity contribution in [1.82, 2.24) is 0 Å². The first-order valence-corrected chi connectivity index (χ1v) is 6.15. The Kier molecular flexibility index (Phi) is 6.82. The lowest BCUT2D eigenvalue weighted by molar-refractivity contribution is -0.123. The van der Waals surface area contributed by atoms with Crippen molar-refractivity contribution in [2.75, 3.05) is 6.54 Å². The van der Waals surface area contributed by atoms with Crippen LogP contribution in [0.25, 0.3) is 0 Å². The summed E-state index contributed by atoms with van der Waals surface area (Å²) in [5, 5.41) is 0. The monoisotopic (exact) mass is 213 g/mol. The highest BCUT2D eigenvalue weighted by molar-refractivity contribution is 5.80. The lowest BCUT2D eigenvalue weighted by atomic mass is 9.82. The summed E-state index contributed by atoms with van der Waals surface area (Å²) in [6, 6.07) is 0. The van der Waals surface area contributed by atoms with Crippen LogP contribution in [0.4, 0.5) is 0 Å². The standard InChI is InChI=1S/C13H27NO/c1-5-6-11(2)12(15)7-8-13(3,4)9-10-14/h11H,5-10,14H2,1-4H3. The molecule has 0 aromatic carbocycles. The SMILES string of the molecule is CCCC(C)C(=O)CCC(C)(C)CCN. The highest BCUT2D eigenvalue weighted by Gasteiger charge is 2.20. The lowest BCUT2D eigenvalue weighted by Gasteiger charge is -2.24. The molecule has 0 bridgehead atoms. The molecule has 2 nitrogen and oxygen atoms in total. The molecule has 2 heteroatoms. The molecular formula is C13H27NO. The Bertz CT molecular complexity index is 187. The summed E-state index contributed by atoms with van der Waals surface area (Å²) in [6.07, 6.45) is 4.81. The van der Waals surface area contributed by atoms with Crippen LogP contribution in [0.15, 0.2) is 0 Å². The van der Waals surface area contributed by atoms with E-state index in [1.165, 1.54) is 0 Å². The van der Waals surface area contributed by atoms with Crippen molar-refractivity contribution >= 4 is 5.78 Å². The maximum atomic E-state index is 11.8. The zero-order chi connectivity index (χ0) is 11.9. The molecular weight excluding hydrogens is 186 g/mol. The number of carbonyl (C=O) groups excluding carboxylic acids is 1. The zero-order valence-electron chi connectivity index (χ0n) is 10.8. The quantitative estimate of drug-likeness (QED) is 0.673. The van der Waals surface area contributed by atoms with E-state index in [-0.39, 0.29) is 11.3 Å². The molecule has 0 aliphatic rings. The second-order valence-electron chi connectivity index (χ2n) is 5.36. The Labute approximate surface area is 94.6 Å². The maximum absolute atomic E-state index is 11.8. The average molecular weight is 213 g/mol. The zero-order valence-corrected chi connectivity index (χ0v) is 10.8. The molecule has 0 saturated carbocycles. The molecule has 15 heavy (non-hydrogen) atoms. The predicted molar refractivity (Wildman–Crippen MR) is 65.8 cm³/mol. The molecule has 0 fully saturated rings. The summed E-state index contributed by atoms with van der Waals surface area (Å²) in [5.74, 6) is 0.658. The van der Waals surface area contributed by atoms with E-state index in [9.17, 15) is 4.79 Å². The van der Waals surface area contributed by atoms with E-state index >= 15 is 0 Å². The molecule has 0 radical (unpaired) electrons. The molecule has 0 aliphatic heterocycles. The first-order chi connectivity index (χ1) is 6.93. The van der Waals surface area contributed by atoms with Crippen LogP contribution in [0.1, 0.15) is 59.8 Å². The van der Waals surface area contributed by atoms with Gasteiger partial charge in [-0.15, -0.1) is 0 Å². The molecule has 0 heterocycles. The molecule has 1 atom stereocenters. The Hall–Kier alpha value is -0.370. The second kappa shape index (κ2) is 7.00. The van der Waals surface area contributed by atoms with Crippen LogP contribution in [-0.4, -0.2) is 12.3 Å². The van der Waals surface area contributed by atoms with Gasteiger partial charge in [0.15, 0.2) is 0 Å². The van der Waals surface area contributed by atoms with Gasteiger partial charge in [-0.1, -0.05) is 34.1 Å². The van der Waals surface area contributed by atoms with Gasteiger partial charge in [-0.3, -0.25) is 4.79 Å². The summed E-state index contributed by atoms with van der Waals surface area (Å²) < 4.78 is 0. The third-order valence-corrected chi connectivity index (χ3v) is 3.14. The van der Waals surface area contributed by atoms with Crippen LogP contribution in [-0.2, 0) is 4.79 Å². The minimum Gasteiger partial charge on any atom is -0.330 e. The Balaban J connectivity index is 3.88. The smallest absolute Gasteiger partial charge is 0.135 e. The van der Waals surface area contributed by atoms with Gasteiger partial charge in [0.2, 0.25) is 0 Å². The van der Waals surface area contributed by atoms with Crippen molar-refractivity contribution in [3.05, 3.63) is 0 Å². The van der Waals surface area contributed by atoms with Gasteiger partial charge in [-0.2, -0.15) is 0 Å². The van der Waals surface area contributed by atoms with Crippen LogP contribution < -0.4 is 5.73 Å². The number of Topliss-reactive ketones (excluding diaryl/α,β-unsaturated/α-hetero) is 1. The summed E-state index contributed by atoms with van der Waals surface area (Å²) >= 11 is 0. The molecule has 0 rings (SSSR count). The van der Waals surface area contributed by atoms with Gasteiger partial charge in [0.1, 0.15) is 5.78 Å². The Morgan fingerprint density at radius 3 is 2.40 bits per heavy atom.